The standard InChI is InChI=1S/C26H30N2O4S/c29-25(14-18-33-17-13-21-7-3-1-4-8-21)27-15-11-22(12-16-27)28-19-24(32-26(28)30)20-31-23-9-5-2-6-10-23/h1-10,13,17,22,24H,11-12,14-16,18-20H2/b17-13-. The number of carbonyl (C=O) groups is 2. The van der Waals surface area contributed by atoms with Crippen molar-refractivity contribution in [1.82, 2.24) is 9.80 Å². The summed E-state index contributed by atoms with van der Waals surface area (Å²) in [6.07, 6.45) is 3.62. The second-order valence-corrected chi connectivity index (χ2v) is 9.24. The van der Waals surface area contributed by atoms with Crippen molar-refractivity contribution in [2.45, 2.75) is 31.4 Å². The Bertz CT molecular complexity index is 930. The lowest BCUT2D eigenvalue weighted by Gasteiger charge is -2.35. The highest BCUT2D eigenvalue weighted by Crippen LogP contribution is 2.24. The summed E-state index contributed by atoms with van der Waals surface area (Å²) in [4.78, 5) is 28.7. The van der Waals surface area contributed by atoms with Crippen LogP contribution in [0.5, 0.6) is 5.75 Å². The van der Waals surface area contributed by atoms with Gasteiger partial charge in [-0.2, -0.15) is 0 Å². The Morgan fingerprint density at radius 1 is 1.06 bits per heavy atom. The Morgan fingerprint density at radius 3 is 2.48 bits per heavy atom. The van der Waals surface area contributed by atoms with Crippen LogP contribution < -0.4 is 4.74 Å². The van der Waals surface area contributed by atoms with E-state index in [-0.39, 0.29) is 24.1 Å². The zero-order valence-corrected chi connectivity index (χ0v) is 19.5. The van der Waals surface area contributed by atoms with Crippen LogP contribution in [-0.2, 0) is 9.53 Å². The van der Waals surface area contributed by atoms with Crippen LogP contribution >= 0.6 is 11.8 Å². The highest BCUT2D eigenvalue weighted by molar-refractivity contribution is 8.02. The van der Waals surface area contributed by atoms with Crippen LogP contribution in [0.3, 0.4) is 0 Å². The molecule has 1 atom stereocenters. The number of para-hydroxylation sites is 1. The van der Waals surface area contributed by atoms with Crippen LogP contribution in [0.25, 0.3) is 6.08 Å². The van der Waals surface area contributed by atoms with E-state index in [1.807, 2.05) is 63.7 Å². The molecule has 2 aliphatic rings. The van der Waals surface area contributed by atoms with Gasteiger partial charge in [-0.25, -0.2) is 4.79 Å². The lowest BCUT2D eigenvalue weighted by atomic mass is 10.0. The number of thioether (sulfide) groups is 1. The van der Waals surface area contributed by atoms with Crippen LogP contribution in [-0.4, -0.2) is 65.9 Å². The molecule has 0 bridgehead atoms. The van der Waals surface area contributed by atoms with E-state index in [0.717, 1.165) is 29.9 Å². The largest absolute Gasteiger partial charge is 0.490 e. The number of nitrogens with zero attached hydrogens (tertiary/aromatic N) is 2. The SMILES string of the molecule is O=C(CCS/C=C\c1ccccc1)N1CCC(N2CC(COc3ccccc3)OC2=O)CC1. The van der Waals surface area contributed by atoms with E-state index in [9.17, 15) is 9.59 Å². The molecule has 174 valence electrons. The fourth-order valence-corrected chi connectivity index (χ4v) is 4.80. The van der Waals surface area contributed by atoms with Crippen LogP contribution in [0, 0.1) is 0 Å². The van der Waals surface area contributed by atoms with Crippen molar-refractivity contribution in [3.63, 3.8) is 0 Å². The summed E-state index contributed by atoms with van der Waals surface area (Å²) in [6, 6.07) is 19.8. The van der Waals surface area contributed by atoms with Gasteiger partial charge in [-0.1, -0.05) is 48.5 Å². The van der Waals surface area contributed by atoms with Crippen molar-refractivity contribution in [3.05, 3.63) is 71.6 Å². The van der Waals surface area contributed by atoms with Crippen LogP contribution in [0.4, 0.5) is 4.79 Å². The molecule has 0 aliphatic carbocycles. The summed E-state index contributed by atoms with van der Waals surface area (Å²) >= 11 is 1.66. The van der Waals surface area contributed by atoms with Crippen molar-refractivity contribution in [2.75, 3.05) is 32.0 Å². The molecular weight excluding hydrogens is 436 g/mol. The van der Waals surface area contributed by atoms with Crippen molar-refractivity contribution >= 4 is 29.8 Å². The van der Waals surface area contributed by atoms with Crippen molar-refractivity contribution < 1.29 is 19.1 Å². The highest BCUT2D eigenvalue weighted by atomic mass is 32.2. The van der Waals surface area contributed by atoms with Crippen LogP contribution in [0.15, 0.2) is 66.1 Å². The van der Waals surface area contributed by atoms with Gasteiger partial charge in [0, 0.05) is 31.3 Å². The van der Waals surface area contributed by atoms with E-state index in [0.29, 0.717) is 32.7 Å². The predicted octanol–water partition coefficient (Wildman–Crippen LogP) is 4.67. The highest BCUT2D eigenvalue weighted by Gasteiger charge is 2.38. The molecule has 2 fully saturated rings. The first-order chi connectivity index (χ1) is 16.2. The first-order valence-corrected chi connectivity index (χ1v) is 12.5. The van der Waals surface area contributed by atoms with E-state index in [1.165, 1.54) is 0 Å². The molecule has 2 amide bonds. The zero-order chi connectivity index (χ0) is 22.9. The zero-order valence-electron chi connectivity index (χ0n) is 18.7. The molecule has 2 aliphatic heterocycles. The minimum Gasteiger partial charge on any atom is -0.490 e. The van der Waals surface area contributed by atoms with E-state index in [4.69, 9.17) is 9.47 Å². The molecular formula is C26H30N2O4S. The number of benzene rings is 2. The third-order valence-electron chi connectivity index (χ3n) is 5.93. The Hall–Kier alpha value is -2.93. The Balaban J connectivity index is 1.14. The number of cyclic esters (lactones) is 1. The van der Waals surface area contributed by atoms with Crippen LogP contribution in [0.1, 0.15) is 24.8 Å². The van der Waals surface area contributed by atoms with Gasteiger partial charge in [0.2, 0.25) is 5.91 Å². The monoisotopic (exact) mass is 466 g/mol. The summed E-state index contributed by atoms with van der Waals surface area (Å²) in [5.41, 5.74) is 1.16. The number of piperidine rings is 1. The second-order valence-electron chi connectivity index (χ2n) is 8.23. The van der Waals surface area contributed by atoms with E-state index in [2.05, 4.69) is 18.2 Å². The molecule has 1 unspecified atom stereocenters. The Kier molecular flexibility index (Phi) is 8.30. The molecule has 33 heavy (non-hydrogen) atoms. The van der Waals surface area contributed by atoms with Gasteiger partial charge in [-0.3, -0.25) is 4.79 Å². The van der Waals surface area contributed by atoms with Gasteiger partial charge in [-0.05, 0) is 42.0 Å². The molecule has 0 aromatic heterocycles. The first kappa shape index (κ1) is 23.2. The van der Waals surface area contributed by atoms with Crippen molar-refractivity contribution in [3.8, 4) is 5.75 Å². The number of hydrogen-bond donors (Lipinski definition) is 0. The van der Waals surface area contributed by atoms with Crippen molar-refractivity contribution in [1.29, 1.82) is 0 Å². The molecule has 0 radical (unpaired) electrons. The minimum atomic E-state index is -0.275. The second kappa shape index (κ2) is 11.8. The average molecular weight is 467 g/mol. The van der Waals surface area contributed by atoms with Gasteiger partial charge in [0.15, 0.2) is 6.10 Å². The third-order valence-corrected chi connectivity index (χ3v) is 6.70. The maximum atomic E-state index is 12.6. The number of likely N-dealkylation sites (tertiary alicyclic amines) is 1. The van der Waals surface area contributed by atoms with Gasteiger partial charge in [0.1, 0.15) is 12.4 Å². The lowest BCUT2D eigenvalue weighted by molar-refractivity contribution is -0.132. The molecule has 2 aromatic carbocycles. The molecule has 0 N–H and O–H groups in total. The molecule has 6 nitrogen and oxygen atoms in total. The van der Waals surface area contributed by atoms with Crippen LogP contribution in [0.2, 0.25) is 0 Å². The van der Waals surface area contributed by atoms with E-state index >= 15 is 0 Å². The summed E-state index contributed by atoms with van der Waals surface area (Å²) < 4.78 is 11.2. The number of amides is 2. The smallest absolute Gasteiger partial charge is 0.410 e. The van der Waals surface area contributed by atoms with E-state index in [1.54, 1.807) is 11.8 Å². The molecule has 0 saturated carbocycles. The van der Waals surface area contributed by atoms with Gasteiger partial charge in [0.05, 0.1) is 6.54 Å². The number of rotatable bonds is 9. The maximum Gasteiger partial charge on any atom is 0.410 e. The summed E-state index contributed by atoms with van der Waals surface area (Å²) in [7, 11) is 0. The van der Waals surface area contributed by atoms with Gasteiger partial charge < -0.3 is 19.3 Å². The molecule has 2 saturated heterocycles. The van der Waals surface area contributed by atoms with Gasteiger partial charge in [0.25, 0.3) is 0 Å². The van der Waals surface area contributed by atoms with Crippen molar-refractivity contribution in [2.24, 2.45) is 0 Å². The molecule has 2 heterocycles. The van der Waals surface area contributed by atoms with E-state index < -0.39 is 0 Å². The van der Waals surface area contributed by atoms with Gasteiger partial charge >= 0.3 is 6.09 Å². The number of ether oxygens (including phenoxy) is 2. The first-order valence-electron chi connectivity index (χ1n) is 11.4. The molecule has 4 rings (SSSR count). The summed E-state index contributed by atoms with van der Waals surface area (Å²) in [6.45, 7) is 2.25. The average Bonchev–Trinajstić information content (AvgIpc) is 3.24. The fourth-order valence-electron chi connectivity index (χ4n) is 4.12. The molecule has 7 heteroatoms. The minimum absolute atomic E-state index is 0.117. The Morgan fingerprint density at radius 2 is 1.76 bits per heavy atom. The number of carbonyl (C=O) groups excluding carboxylic acids is 2. The third kappa shape index (κ3) is 6.78. The summed E-state index contributed by atoms with van der Waals surface area (Å²) in [5, 5.41) is 2.05. The lowest BCUT2D eigenvalue weighted by Crippen LogP contribution is -2.47. The Labute approximate surface area is 199 Å². The molecule has 0 spiro atoms. The summed E-state index contributed by atoms with van der Waals surface area (Å²) in [5.74, 6) is 1.73. The molecule has 2 aromatic rings. The normalized spacial score (nSPS) is 19.2. The maximum absolute atomic E-state index is 12.6. The quantitative estimate of drug-likeness (QED) is 0.503. The number of hydrogen-bond acceptors (Lipinski definition) is 5. The van der Waals surface area contributed by atoms with Gasteiger partial charge in [-0.15, -0.1) is 11.8 Å². The topological polar surface area (TPSA) is 59.1 Å². The fraction of sp³-hybridized carbons (Fsp3) is 0.385. The predicted molar refractivity (Wildman–Crippen MR) is 131 cm³/mol.